The molecule has 5 nitrogen and oxygen atoms in total. The standard InChI is InChI=1S/C13H19N3O2/c1-14-8-9-6-11(7-9)18-12-13(17)16(5-4-15-12)10-2-3-10/h4-5,9-11,14H,2-3,6-8H2,1H3. The van der Waals surface area contributed by atoms with Crippen molar-refractivity contribution in [1.82, 2.24) is 14.9 Å². The molecule has 0 radical (unpaired) electrons. The molecule has 2 saturated carbocycles. The zero-order valence-electron chi connectivity index (χ0n) is 10.6. The first-order valence-electron chi connectivity index (χ1n) is 6.66. The third-order valence-corrected chi connectivity index (χ3v) is 3.74. The highest BCUT2D eigenvalue weighted by molar-refractivity contribution is 5.08. The molecule has 1 aromatic rings. The summed E-state index contributed by atoms with van der Waals surface area (Å²) < 4.78 is 7.46. The van der Waals surface area contributed by atoms with E-state index in [4.69, 9.17) is 4.74 Å². The van der Waals surface area contributed by atoms with E-state index in [1.807, 2.05) is 7.05 Å². The highest BCUT2D eigenvalue weighted by Crippen LogP contribution is 2.34. The highest BCUT2D eigenvalue weighted by Gasteiger charge is 2.32. The van der Waals surface area contributed by atoms with E-state index >= 15 is 0 Å². The van der Waals surface area contributed by atoms with Crippen LogP contribution in [0.5, 0.6) is 5.88 Å². The maximum Gasteiger partial charge on any atom is 0.313 e. The Morgan fingerprint density at radius 2 is 2.28 bits per heavy atom. The smallest absolute Gasteiger partial charge is 0.313 e. The average Bonchev–Trinajstić information content (AvgIpc) is 3.13. The van der Waals surface area contributed by atoms with Gasteiger partial charge in [0.1, 0.15) is 6.10 Å². The van der Waals surface area contributed by atoms with Crippen molar-refractivity contribution < 1.29 is 4.74 Å². The Morgan fingerprint density at radius 3 is 2.94 bits per heavy atom. The average molecular weight is 249 g/mol. The van der Waals surface area contributed by atoms with E-state index in [0.29, 0.717) is 12.0 Å². The van der Waals surface area contributed by atoms with Gasteiger partial charge in [-0.2, -0.15) is 0 Å². The summed E-state index contributed by atoms with van der Waals surface area (Å²) in [7, 11) is 1.96. The van der Waals surface area contributed by atoms with E-state index in [0.717, 1.165) is 32.2 Å². The lowest BCUT2D eigenvalue weighted by molar-refractivity contribution is 0.0596. The summed E-state index contributed by atoms with van der Waals surface area (Å²) in [6.45, 7) is 1.02. The van der Waals surface area contributed by atoms with Crippen LogP contribution in [-0.4, -0.2) is 29.2 Å². The fraction of sp³-hybridized carbons (Fsp3) is 0.692. The van der Waals surface area contributed by atoms with Gasteiger partial charge in [-0.1, -0.05) is 0 Å². The first-order valence-corrected chi connectivity index (χ1v) is 6.66. The van der Waals surface area contributed by atoms with Crippen molar-refractivity contribution in [1.29, 1.82) is 0 Å². The van der Waals surface area contributed by atoms with E-state index in [1.165, 1.54) is 0 Å². The molecule has 0 aromatic carbocycles. The number of nitrogens with zero attached hydrogens (tertiary/aromatic N) is 2. The van der Waals surface area contributed by atoms with Gasteiger partial charge in [0.15, 0.2) is 0 Å². The molecule has 2 fully saturated rings. The Hall–Kier alpha value is -1.36. The van der Waals surface area contributed by atoms with Crippen molar-refractivity contribution in [2.75, 3.05) is 13.6 Å². The minimum absolute atomic E-state index is 0.0722. The van der Waals surface area contributed by atoms with E-state index in [1.54, 1.807) is 17.0 Å². The van der Waals surface area contributed by atoms with Gasteiger partial charge in [0.25, 0.3) is 5.88 Å². The summed E-state index contributed by atoms with van der Waals surface area (Å²) >= 11 is 0. The molecule has 1 heterocycles. The molecule has 0 unspecified atom stereocenters. The van der Waals surface area contributed by atoms with Crippen LogP contribution in [0.1, 0.15) is 31.7 Å². The van der Waals surface area contributed by atoms with E-state index in [9.17, 15) is 4.79 Å². The summed E-state index contributed by atoms with van der Waals surface area (Å²) in [5.74, 6) is 0.951. The van der Waals surface area contributed by atoms with Gasteiger partial charge in [-0.25, -0.2) is 4.98 Å². The Kier molecular flexibility index (Phi) is 3.07. The first kappa shape index (κ1) is 11.7. The van der Waals surface area contributed by atoms with E-state index in [-0.39, 0.29) is 17.5 Å². The molecule has 1 aromatic heterocycles. The molecule has 0 aliphatic heterocycles. The van der Waals surface area contributed by atoms with Crippen LogP contribution < -0.4 is 15.6 Å². The SMILES string of the molecule is CNCC1CC(Oc2nccn(C3CC3)c2=O)C1. The van der Waals surface area contributed by atoms with Gasteiger partial charge in [-0.15, -0.1) is 0 Å². The number of rotatable bonds is 5. The molecule has 3 rings (SSSR count). The molecular formula is C13H19N3O2. The van der Waals surface area contributed by atoms with Crippen LogP contribution in [-0.2, 0) is 0 Å². The quantitative estimate of drug-likeness (QED) is 0.844. The third-order valence-electron chi connectivity index (χ3n) is 3.74. The van der Waals surface area contributed by atoms with Crippen molar-refractivity contribution in [2.24, 2.45) is 5.92 Å². The van der Waals surface area contributed by atoms with Gasteiger partial charge >= 0.3 is 5.56 Å². The Bertz CT molecular complexity index is 475. The van der Waals surface area contributed by atoms with Crippen molar-refractivity contribution in [3.8, 4) is 5.88 Å². The van der Waals surface area contributed by atoms with Crippen LogP contribution in [0.3, 0.4) is 0 Å². The largest absolute Gasteiger partial charge is 0.470 e. The second-order valence-electron chi connectivity index (χ2n) is 5.31. The van der Waals surface area contributed by atoms with Crippen LogP contribution in [0.4, 0.5) is 0 Å². The highest BCUT2D eigenvalue weighted by atomic mass is 16.5. The molecule has 18 heavy (non-hydrogen) atoms. The molecule has 1 N–H and O–H groups in total. The molecule has 2 aliphatic carbocycles. The second kappa shape index (κ2) is 4.72. The number of nitrogens with one attached hydrogen (secondary N) is 1. The summed E-state index contributed by atoms with van der Waals surface area (Å²) in [6.07, 6.45) is 7.81. The minimum Gasteiger partial charge on any atom is -0.470 e. The van der Waals surface area contributed by atoms with Crippen LogP contribution in [0.2, 0.25) is 0 Å². The van der Waals surface area contributed by atoms with Crippen LogP contribution in [0.15, 0.2) is 17.2 Å². The number of hydrogen-bond acceptors (Lipinski definition) is 4. The number of ether oxygens (including phenoxy) is 1. The molecule has 0 saturated heterocycles. The topological polar surface area (TPSA) is 56.1 Å². The fourth-order valence-electron chi connectivity index (χ4n) is 2.51. The predicted molar refractivity (Wildman–Crippen MR) is 67.8 cm³/mol. The predicted octanol–water partition coefficient (Wildman–Crippen LogP) is 0.955. The number of hydrogen-bond donors (Lipinski definition) is 1. The molecule has 0 spiro atoms. The van der Waals surface area contributed by atoms with Gasteiger partial charge in [-0.05, 0) is 45.2 Å². The van der Waals surface area contributed by atoms with Crippen LogP contribution in [0, 0.1) is 5.92 Å². The zero-order chi connectivity index (χ0) is 12.5. The Balaban J connectivity index is 1.63. The molecule has 0 amide bonds. The van der Waals surface area contributed by atoms with Crippen molar-refractivity contribution in [2.45, 2.75) is 37.8 Å². The molecule has 98 valence electrons. The van der Waals surface area contributed by atoms with Gasteiger partial charge in [0.05, 0.1) is 0 Å². The van der Waals surface area contributed by atoms with Gasteiger partial charge in [-0.3, -0.25) is 4.79 Å². The number of aromatic nitrogens is 2. The molecule has 5 heteroatoms. The van der Waals surface area contributed by atoms with E-state index < -0.39 is 0 Å². The summed E-state index contributed by atoms with van der Waals surface area (Å²) in [5.41, 5.74) is -0.0722. The lowest BCUT2D eigenvalue weighted by Crippen LogP contribution is -2.40. The normalized spacial score (nSPS) is 26.7. The lowest BCUT2D eigenvalue weighted by atomic mass is 9.82. The molecule has 0 bridgehead atoms. The monoisotopic (exact) mass is 249 g/mol. The second-order valence-corrected chi connectivity index (χ2v) is 5.31. The third kappa shape index (κ3) is 2.27. The Morgan fingerprint density at radius 1 is 1.50 bits per heavy atom. The molecule has 2 aliphatic rings. The van der Waals surface area contributed by atoms with E-state index in [2.05, 4.69) is 10.3 Å². The summed E-state index contributed by atoms with van der Waals surface area (Å²) in [6, 6.07) is 0.376. The van der Waals surface area contributed by atoms with Gasteiger partial charge in [0, 0.05) is 18.4 Å². The zero-order valence-corrected chi connectivity index (χ0v) is 10.6. The van der Waals surface area contributed by atoms with Gasteiger partial charge in [0.2, 0.25) is 0 Å². The molecular weight excluding hydrogens is 230 g/mol. The van der Waals surface area contributed by atoms with Gasteiger partial charge < -0.3 is 14.6 Å². The van der Waals surface area contributed by atoms with Crippen molar-refractivity contribution in [3.63, 3.8) is 0 Å². The first-order chi connectivity index (χ1) is 8.78. The minimum atomic E-state index is -0.0722. The maximum absolute atomic E-state index is 12.1. The van der Waals surface area contributed by atoms with Crippen molar-refractivity contribution in [3.05, 3.63) is 22.7 Å². The maximum atomic E-state index is 12.1. The van der Waals surface area contributed by atoms with Crippen molar-refractivity contribution >= 4 is 0 Å². The summed E-state index contributed by atoms with van der Waals surface area (Å²) in [4.78, 5) is 16.2. The summed E-state index contributed by atoms with van der Waals surface area (Å²) in [5, 5.41) is 3.16. The lowest BCUT2D eigenvalue weighted by Gasteiger charge is -2.34. The Labute approximate surface area is 106 Å². The van der Waals surface area contributed by atoms with Crippen LogP contribution in [0.25, 0.3) is 0 Å². The van der Waals surface area contributed by atoms with Crippen LogP contribution >= 0.6 is 0 Å². The molecule has 0 atom stereocenters. The fourth-order valence-corrected chi connectivity index (χ4v) is 2.51.